The van der Waals surface area contributed by atoms with Gasteiger partial charge in [-0.25, -0.2) is 0 Å². The number of hydrogen-bond acceptors (Lipinski definition) is 5. The number of aromatic nitrogens is 3. The molecule has 0 aliphatic carbocycles. The van der Waals surface area contributed by atoms with E-state index in [0.29, 0.717) is 11.8 Å². The Morgan fingerprint density at radius 3 is 2.71 bits per heavy atom. The Kier molecular flexibility index (Phi) is 2.94. The minimum absolute atomic E-state index is 0.269. The van der Waals surface area contributed by atoms with E-state index in [9.17, 15) is 0 Å². The number of rotatable bonds is 2. The summed E-state index contributed by atoms with van der Waals surface area (Å²) in [6, 6.07) is 3.97. The highest BCUT2D eigenvalue weighted by atomic mass is 35.5. The van der Waals surface area contributed by atoms with Gasteiger partial charge in [0.15, 0.2) is 5.82 Å². The SMILES string of the molecule is Clc1nc(-c2cccs2)nc(N2CCCC2)n1. The second kappa shape index (κ2) is 4.58. The van der Waals surface area contributed by atoms with Gasteiger partial charge in [-0.2, -0.15) is 15.0 Å². The van der Waals surface area contributed by atoms with Crippen LogP contribution in [0.15, 0.2) is 17.5 Å². The van der Waals surface area contributed by atoms with Crippen LogP contribution in [0.4, 0.5) is 5.95 Å². The van der Waals surface area contributed by atoms with E-state index in [1.54, 1.807) is 11.3 Å². The van der Waals surface area contributed by atoms with Crippen molar-refractivity contribution in [3.05, 3.63) is 22.8 Å². The van der Waals surface area contributed by atoms with Crippen molar-refractivity contribution in [3.8, 4) is 10.7 Å². The van der Waals surface area contributed by atoms with Crippen molar-refractivity contribution in [2.75, 3.05) is 18.0 Å². The average Bonchev–Trinajstić information content (AvgIpc) is 3.02. The molecule has 0 unspecified atom stereocenters. The Hall–Kier alpha value is -1.20. The molecule has 17 heavy (non-hydrogen) atoms. The Bertz CT molecular complexity index is 508. The van der Waals surface area contributed by atoms with Crippen LogP contribution in [0, 0.1) is 0 Å². The van der Waals surface area contributed by atoms with Crippen LogP contribution in [-0.4, -0.2) is 28.0 Å². The van der Waals surface area contributed by atoms with Crippen LogP contribution in [0.3, 0.4) is 0 Å². The summed E-state index contributed by atoms with van der Waals surface area (Å²) in [6.45, 7) is 2.01. The predicted molar refractivity (Wildman–Crippen MR) is 69.6 cm³/mol. The van der Waals surface area contributed by atoms with Crippen LogP contribution in [0.5, 0.6) is 0 Å². The highest BCUT2D eigenvalue weighted by molar-refractivity contribution is 7.13. The molecule has 1 fully saturated rings. The highest BCUT2D eigenvalue weighted by Crippen LogP contribution is 2.25. The lowest BCUT2D eigenvalue weighted by molar-refractivity contribution is 0.883. The molecule has 0 spiro atoms. The Morgan fingerprint density at radius 2 is 2.00 bits per heavy atom. The number of halogens is 1. The predicted octanol–water partition coefficient (Wildman–Crippen LogP) is 2.85. The third-order valence-corrected chi connectivity index (χ3v) is 3.76. The zero-order valence-electron chi connectivity index (χ0n) is 9.14. The summed E-state index contributed by atoms with van der Waals surface area (Å²) in [5, 5.41) is 2.27. The molecule has 0 amide bonds. The molecule has 3 heterocycles. The van der Waals surface area contributed by atoms with Crippen molar-refractivity contribution >= 4 is 28.9 Å². The molecule has 0 bridgehead atoms. The first-order chi connectivity index (χ1) is 8.33. The molecular formula is C11H11ClN4S. The number of thiophene rings is 1. The monoisotopic (exact) mass is 266 g/mol. The topological polar surface area (TPSA) is 41.9 Å². The smallest absolute Gasteiger partial charge is 0.230 e. The van der Waals surface area contributed by atoms with E-state index < -0.39 is 0 Å². The Morgan fingerprint density at radius 1 is 1.18 bits per heavy atom. The first-order valence-electron chi connectivity index (χ1n) is 5.53. The van der Waals surface area contributed by atoms with Crippen molar-refractivity contribution in [2.24, 2.45) is 0 Å². The largest absolute Gasteiger partial charge is 0.341 e. The molecule has 1 aliphatic heterocycles. The van der Waals surface area contributed by atoms with Gasteiger partial charge in [0.25, 0.3) is 0 Å². The van der Waals surface area contributed by atoms with E-state index in [0.717, 1.165) is 18.0 Å². The van der Waals surface area contributed by atoms with E-state index >= 15 is 0 Å². The van der Waals surface area contributed by atoms with Gasteiger partial charge in [-0.05, 0) is 35.9 Å². The van der Waals surface area contributed by atoms with Crippen molar-refractivity contribution in [2.45, 2.75) is 12.8 Å². The van der Waals surface area contributed by atoms with Crippen LogP contribution in [0.2, 0.25) is 5.28 Å². The van der Waals surface area contributed by atoms with Gasteiger partial charge in [-0.3, -0.25) is 0 Å². The Balaban J connectivity index is 2.00. The van der Waals surface area contributed by atoms with Crippen molar-refractivity contribution < 1.29 is 0 Å². The summed E-state index contributed by atoms with van der Waals surface area (Å²) in [5.41, 5.74) is 0. The lowest BCUT2D eigenvalue weighted by atomic mass is 10.4. The average molecular weight is 267 g/mol. The molecular weight excluding hydrogens is 256 g/mol. The maximum atomic E-state index is 5.96. The fourth-order valence-electron chi connectivity index (χ4n) is 1.91. The molecule has 0 atom stereocenters. The molecule has 2 aromatic heterocycles. The van der Waals surface area contributed by atoms with Gasteiger partial charge in [-0.1, -0.05) is 6.07 Å². The lowest BCUT2D eigenvalue weighted by Gasteiger charge is -2.15. The van der Waals surface area contributed by atoms with Gasteiger partial charge in [-0.15, -0.1) is 11.3 Å². The molecule has 6 heteroatoms. The second-order valence-electron chi connectivity index (χ2n) is 3.90. The van der Waals surface area contributed by atoms with Gasteiger partial charge in [0.1, 0.15) is 0 Å². The standard InChI is InChI=1S/C11H11ClN4S/c12-10-13-9(8-4-3-7-17-8)14-11(15-10)16-5-1-2-6-16/h3-4,7H,1-2,5-6H2. The summed E-state index contributed by atoms with van der Waals surface area (Å²) >= 11 is 7.57. The van der Waals surface area contributed by atoms with E-state index in [-0.39, 0.29) is 5.28 Å². The van der Waals surface area contributed by atoms with Gasteiger partial charge < -0.3 is 4.90 Å². The fraction of sp³-hybridized carbons (Fsp3) is 0.364. The number of anilines is 1. The van der Waals surface area contributed by atoms with Gasteiger partial charge >= 0.3 is 0 Å². The molecule has 1 saturated heterocycles. The number of hydrogen-bond donors (Lipinski definition) is 0. The zero-order chi connectivity index (χ0) is 11.7. The van der Waals surface area contributed by atoms with Crippen LogP contribution < -0.4 is 4.90 Å². The van der Waals surface area contributed by atoms with Crippen LogP contribution in [0.1, 0.15) is 12.8 Å². The maximum absolute atomic E-state index is 5.96. The highest BCUT2D eigenvalue weighted by Gasteiger charge is 2.17. The summed E-state index contributed by atoms with van der Waals surface area (Å²) in [6.07, 6.45) is 2.38. The van der Waals surface area contributed by atoms with E-state index in [4.69, 9.17) is 11.6 Å². The molecule has 0 aromatic carbocycles. The molecule has 2 aromatic rings. The minimum Gasteiger partial charge on any atom is -0.341 e. The van der Waals surface area contributed by atoms with E-state index in [1.807, 2.05) is 17.5 Å². The molecule has 0 N–H and O–H groups in total. The van der Waals surface area contributed by atoms with Gasteiger partial charge in [0.2, 0.25) is 11.2 Å². The van der Waals surface area contributed by atoms with Crippen LogP contribution >= 0.6 is 22.9 Å². The summed E-state index contributed by atoms with van der Waals surface area (Å²) in [7, 11) is 0. The molecule has 0 radical (unpaired) electrons. The maximum Gasteiger partial charge on any atom is 0.230 e. The summed E-state index contributed by atoms with van der Waals surface area (Å²) in [4.78, 5) is 16.0. The zero-order valence-corrected chi connectivity index (χ0v) is 10.7. The summed E-state index contributed by atoms with van der Waals surface area (Å²) < 4.78 is 0. The first-order valence-corrected chi connectivity index (χ1v) is 6.79. The van der Waals surface area contributed by atoms with Crippen molar-refractivity contribution in [1.29, 1.82) is 0 Å². The normalized spacial score (nSPS) is 15.5. The van der Waals surface area contributed by atoms with Gasteiger partial charge in [0, 0.05) is 13.1 Å². The van der Waals surface area contributed by atoms with Gasteiger partial charge in [0.05, 0.1) is 4.88 Å². The quantitative estimate of drug-likeness (QED) is 0.838. The number of nitrogens with zero attached hydrogens (tertiary/aromatic N) is 4. The first kappa shape index (κ1) is 10.9. The molecule has 3 rings (SSSR count). The van der Waals surface area contributed by atoms with Crippen LogP contribution in [-0.2, 0) is 0 Å². The van der Waals surface area contributed by atoms with Crippen LogP contribution in [0.25, 0.3) is 10.7 Å². The fourth-order valence-corrected chi connectivity index (χ4v) is 2.73. The lowest BCUT2D eigenvalue weighted by Crippen LogP contribution is -2.21. The van der Waals surface area contributed by atoms with Crippen molar-refractivity contribution in [1.82, 2.24) is 15.0 Å². The van der Waals surface area contributed by atoms with Crippen molar-refractivity contribution in [3.63, 3.8) is 0 Å². The third-order valence-electron chi connectivity index (χ3n) is 2.73. The van der Waals surface area contributed by atoms with E-state index in [2.05, 4.69) is 19.9 Å². The van der Waals surface area contributed by atoms with E-state index in [1.165, 1.54) is 12.8 Å². The molecule has 88 valence electrons. The Labute approximate surface area is 108 Å². The summed E-state index contributed by atoms with van der Waals surface area (Å²) in [5.74, 6) is 1.37. The second-order valence-corrected chi connectivity index (χ2v) is 5.19. The third kappa shape index (κ3) is 2.25. The molecule has 0 saturated carbocycles. The molecule has 1 aliphatic rings. The molecule has 4 nitrogen and oxygen atoms in total. The minimum atomic E-state index is 0.269.